The van der Waals surface area contributed by atoms with Crippen molar-refractivity contribution in [2.24, 2.45) is 0 Å². The van der Waals surface area contributed by atoms with Gasteiger partial charge in [0.05, 0.1) is 11.1 Å². The SMILES string of the molecule is CNc1cc(C)nc(Nc2nc3c(c(C4=CCNC[C@H](O)C4)c2Cl)OCCO3)c1. The number of pyridine rings is 2. The van der Waals surface area contributed by atoms with Gasteiger partial charge in [0.15, 0.2) is 11.6 Å². The molecule has 0 fully saturated rings. The number of nitrogens with one attached hydrogen (secondary N) is 3. The highest BCUT2D eigenvalue weighted by molar-refractivity contribution is 6.35. The highest BCUT2D eigenvalue weighted by Gasteiger charge is 2.28. The van der Waals surface area contributed by atoms with E-state index in [1.54, 1.807) is 0 Å². The molecular weight excluding hydrogens is 394 g/mol. The molecule has 0 saturated heterocycles. The molecule has 0 spiro atoms. The molecule has 4 heterocycles. The fourth-order valence-corrected chi connectivity index (χ4v) is 3.76. The summed E-state index contributed by atoms with van der Waals surface area (Å²) < 4.78 is 11.6. The predicted octanol–water partition coefficient (Wildman–Crippen LogP) is 2.73. The van der Waals surface area contributed by atoms with Crippen LogP contribution in [0.5, 0.6) is 11.6 Å². The molecule has 4 rings (SSSR count). The number of aryl methyl sites for hydroxylation is 1. The Morgan fingerprint density at radius 2 is 2.07 bits per heavy atom. The third-order valence-electron chi connectivity index (χ3n) is 4.77. The van der Waals surface area contributed by atoms with Crippen molar-refractivity contribution in [3.05, 3.63) is 34.5 Å². The third-order valence-corrected chi connectivity index (χ3v) is 5.14. The average molecular weight is 418 g/mol. The number of aliphatic hydroxyl groups is 1. The summed E-state index contributed by atoms with van der Waals surface area (Å²) in [5.41, 5.74) is 3.37. The van der Waals surface area contributed by atoms with Crippen molar-refractivity contribution >= 4 is 34.5 Å². The van der Waals surface area contributed by atoms with E-state index in [2.05, 4.69) is 25.9 Å². The molecule has 2 aromatic rings. The lowest BCUT2D eigenvalue weighted by molar-refractivity contribution is 0.163. The van der Waals surface area contributed by atoms with Crippen LogP contribution < -0.4 is 25.4 Å². The van der Waals surface area contributed by atoms with Gasteiger partial charge in [-0.2, -0.15) is 4.98 Å². The maximum atomic E-state index is 10.2. The lowest BCUT2D eigenvalue weighted by Crippen LogP contribution is -2.24. The van der Waals surface area contributed by atoms with Crippen molar-refractivity contribution in [3.63, 3.8) is 0 Å². The number of halogens is 1. The Morgan fingerprint density at radius 3 is 2.90 bits per heavy atom. The summed E-state index contributed by atoms with van der Waals surface area (Å²) >= 11 is 6.80. The summed E-state index contributed by atoms with van der Waals surface area (Å²) in [7, 11) is 1.85. The topological polar surface area (TPSA) is 101 Å². The monoisotopic (exact) mass is 417 g/mol. The molecule has 29 heavy (non-hydrogen) atoms. The lowest BCUT2D eigenvalue weighted by atomic mass is 9.99. The molecule has 2 aromatic heterocycles. The van der Waals surface area contributed by atoms with Crippen molar-refractivity contribution in [2.75, 3.05) is 44.0 Å². The van der Waals surface area contributed by atoms with E-state index in [1.165, 1.54) is 0 Å². The third kappa shape index (κ3) is 4.24. The zero-order valence-electron chi connectivity index (χ0n) is 16.4. The molecule has 8 nitrogen and oxygen atoms in total. The van der Waals surface area contributed by atoms with Crippen LogP contribution in [-0.4, -0.2) is 54.5 Å². The van der Waals surface area contributed by atoms with Gasteiger partial charge in [-0.15, -0.1) is 0 Å². The van der Waals surface area contributed by atoms with Gasteiger partial charge < -0.3 is 30.5 Å². The smallest absolute Gasteiger partial charge is 0.259 e. The number of hydrogen-bond acceptors (Lipinski definition) is 8. The molecule has 0 saturated carbocycles. The van der Waals surface area contributed by atoms with Crippen LogP contribution in [0.2, 0.25) is 5.02 Å². The van der Waals surface area contributed by atoms with E-state index >= 15 is 0 Å². The number of nitrogens with zero attached hydrogens (tertiary/aromatic N) is 2. The minimum absolute atomic E-state index is 0.382. The van der Waals surface area contributed by atoms with Crippen LogP contribution in [0.15, 0.2) is 18.2 Å². The fourth-order valence-electron chi connectivity index (χ4n) is 3.47. The normalized spacial score (nSPS) is 18.6. The summed E-state index contributed by atoms with van der Waals surface area (Å²) in [6.45, 7) is 3.91. The first-order chi connectivity index (χ1) is 14.0. The second kappa shape index (κ2) is 8.44. The van der Waals surface area contributed by atoms with Crippen LogP contribution in [0.4, 0.5) is 17.3 Å². The number of hydrogen-bond donors (Lipinski definition) is 4. The Labute approximate surface area is 174 Å². The van der Waals surface area contributed by atoms with Crippen LogP contribution in [0.1, 0.15) is 17.7 Å². The van der Waals surface area contributed by atoms with Gasteiger partial charge in [-0.05, 0) is 18.6 Å². The molecule has 0 radical (unpaired) electrons. The minimum Gasteiger partial charge on any atom is -0.484 e. The molecule has 0 aliphatic carbocycles. The highest BCUT2D eigenvalue weighted by Crippen LogP contribution is 2.45. The van der Waals surface area contributed by atoms with E-state index in [4.69, 9.17) is 21.1 Å². The van der Waals surface area contributed by atoms with E-state index < -0.39 is 6.10 Å². The van der Waals surface area contributed by atoms with Gasteiger partial charge >= 0.3 is 0 Å². The van der Waals surface area contributed by atoms with Crippen molar-refractivity contribution in [1.82, 2.24) is 15.3 Å². The quantitative estimate of drug-likeness (QED) is 0.602. The Morgan fingerprint density at radius 1 is 1.24 bits per heavy atom. The molecule has 0 amide bonds. The largest absolute Gasteiger partial charge is 0.484 e. The molecule has 0 unspecified atom stereocenters. The Kier molecular flexibility index (Phi) is 5.75. The maximum Gasteiger partial charge on any atom is 0.259 e. The zero-order valence-corrected chi connectivity index (χ0v) is 17.1. The minimum atomic E-state index is -0.513. The maximum absolute atomic E-state index is 10.2. The lowest BCUT2D eigenvalue weighted by Gasteiger charge is -2.24. The molecule has 9 heteroatoms. The van der Waals surface area contributed by atoms with E-state index in [0.29, 0.717) is 66.6 Å². The Balaban J connectivity index is 1.79. The summed E-state index contributed by atoms with van der Waals surface area (Å²) in [5, 5.41) is 20.1. The van der Waals surface area contributed by atoms with Crippen molar-refractivity contribution < 1.29 is 14.6 Å². The van der Waals surface area contributed by atoms with E-state index in [1.807, 2.05) is 32.2 Å². The van der Waals surface area contributed by atoms with Crippen molar-refractivity contribution in [1.29, 1.82) is 0 Å². The molecule has 154 valence electrons. The molecule has 0 aromatic carbocycles. The van der Waals surface area contributed by atoms with Crippen LogP contribution in [0, 0.1) is 6.92 Å². The predicted molar refractivity (Wildman–Crippen MR) is 114 cm³/mol. The number of ether oxygens (including phenoxy) is 2. The molecule has 0 bridgehead atoms. The zero-order chi connectivity index (χ0) is 20.4. The van der Waals surface area contributed by atoms with Gasteiger partial charge in [0.1, 0.15) is 19.0 Å². The molecule has 2 aliphatic rings. The van der Waals surface area contributed by atoms with Crippen LogP contribution in [0.3, 0.4) is 0 Å². The Bertz CT molecular complexity index is 950. The molecule has 2 aliphatic heterocycles. The van der Waals surface area contributed by atoms with Gasteiger partial charge in [-0.25, -0.2) is 4.98 Å². The summed E-state index contributed by atoms with van der Waals surface area (Å²) in [6.07, 6.45) is 1.96. The number of β-amino-alcohol motifs (C(OH)–C–C–N with tert-alkyl or cyclic N) is 1. The summed E-state index contributed by atoms with van der Waals surface area (Å²) in [4.78, 5) is 9.05. The second-order valence-electron chi connectivity index (χ2n) is 6.98. The Hall–Kier alpha value is -2.55. The van der Waals surface area contributed by atoms with Crippen molar-refractivity contribution in [2.45, 2.75) is 19.4 Å². The summed E-state index contributed by atoms with van der Waals surface area (Å²) in [5.74, 6) is 1.94. The molecule has 1 atom stereocenters. The van der Waals surface area contributed by atoms with Crippen LogP contribution >= 0.6 is 11.6 Å². The van der Waals surface area contributed by atoms with Gasteiger partial charge in [-0.1, -0.05) is 17.7 Å². The number of aromatic nitrogens is 2. The van der Waals surface area contributed by atoms with Crippen LogP contribution in [-0.2, 0) is 0 Å². The molecule has 4 N–H and O–H groups in total. The van der Waals surface area contributed by atoms with E-state index in [0.717, 1.165) is 17.0 Å². The first-order valence-corrected chi connectivity index (χ1v) is 9.93. The number of anilines is 3. The van der Waals surface area contributed by atoms with Gasteiger partial charge in [-0.3, -0.25) is 0 Å². The first kappa shape index (κ1) is 19.8. The van der Waals surface area contributed by atoms with Gasteiger partial charge in [0.2, 0.25) is 0 Å². The number of fused-ring (bicyclic) bond motifs is 1. The van der Waals surface area contributed by atoms with E-state index in [-0.39, 0.29) is 0 Å². The average Bonchev–Trinajstić information content (AvgIpc) is 2.92. The van der Waals surface area contributed by atoms with Gasteiger partial charge in [0, 0.05) is 49.6 Å². The fraction of sp³-hybridized carbons (Fsp3) is 0.400. The number of rotatable bonds is 4. The second-order valence-corrected chi connectivity index (χ2v) is 7.36. The first-order valence-electron chi connectivity index (χ1n) is 9.56. The van der Waals surface area contributed by atoms with Crippen molar-refractivity contribution in [3.8, 4) is 11.6 Å². The summed E-state index contributed by atoms with van der Waals surface area (Å²) in [6, 6.07) is 3.82. The highest BCUT2D eigenvalue weighted by atomic mass is 35.5. The molecular formula is C20H24ClN5O3. The van der Waals surface area contributed by atoms with Gasteiger partial charge in [0.25, 0.3) is 5.88 Å². The van der Waals surface area contributed by atoms with Crippen LogP contribution in [0.25, 0.3) is 5.57 Å². The standard InChI is InChI=1S/C20H24ClN5O3/c1-11-7-13(22-2)9-15(24-11)25-19-17(21)16(12-3-4-23-10-14(27)8-12)18-20(26-19)29-6-5-28-18/h3,7,9,14,23,27H,4-6,8,10H2,1-2H3,(H2,22,24,25,26)/t14-/m1/s1. The van der Waals surface area contributed by atoms with E-state index in [9.17, 15) is 5.11 Å². The number of aliphatic hydroxyl groups excluding tert-OH is 1.